The smallest absolute Gasteiger partial charge is 0.323 e. The zero-order valence-electron chi connectivity index (χ0n) is 8.98. The summed E-state index contributed by atoms with van der Waals surface area (Å²) in [4.78, 5) is 24.1. The van der Waals surface area contributed by atoms with Crippen LogP contribution in [0.4, 0.5) is 0 Å². The van der Waals surface area contributed by atoms with Gasteiger partial charge in [0.2, 0.25) is 5.88 Å². The number of nitrogens with zero attached hydrogens (tertiary/aromatic N) is 2. The molecule has 0 spiro atoms. The van der Waals surface area contributed by atoms with Crippen molar-refractivity contribution in [2.45, 2.75) is 0 Å². The molecule has 3 rings (SSSR count). The maximum absolute atomic E-state index is 11.1. The lowest BCUT2D eigenvalue weighted by molar-refractivity contribution is 0.462. The molecule has 0 aliphatic rings. The topological polar surface area (TPSA) is 83.7 Å². The van der Waals surface area contributed by atoms with Crippen LogP contribution in [0.2, 0.25) is 5.15 Å². The molecule has 0 bridgehead atoms. The van der Waals surface area contributed by atoms with Crippen LogP contribution in [0.5, 0.6) is 11.6 Å². The van der Waals surface area contributed by atoms with Crippen molar-refractivity contribution in [2.24, 2.45) is 0 Å². The number of ether oxygens (including phenoxy) is 1. The zero-order chi connectivity index (χ0) is 12.5. The number of aromatic nitrogens is 4. The van der Waals surface area contributed by atoms with E-state index in [2.05, 4.69) is 19.9 Å². The van der Waals surface area contributed by atoms with Crippen molar-refractivity contribution in [3.8, 4) is 11.6 Å². The van der Waals surface area contributed by atoms with E-state index >= 15 is 0 Å². The van der Waals surface area contributed by atoms with E-state index in [1.807, 2.05) is 0 Å². The summed E-state index contributed by atoms with van der Waals surface area (Å²) < 4.78 is 5.51. The fourth-order valence-corrected chi connectivity index (χ4v) is 1.71. The Bertz CT molecular complexity index is 765. The van der Waals surface area contributed by atoms with Crippen LogP contribution in [0, 0.1) is 0 Å². The number of fused-ring (bicyclic) bond motifs is 1. The van der Waals surface area contributed by atoms with Gasteiger partial charge in [-0.25, -0.2) is 14.8 Å². The first-order valence-corrected chi connectivity index (χ1v) is 5.46. The lowest BCUT2D eigenvalue weighted by Gasteiger charge is -2.03. The van der Waals surface area contributed by atoms with E-state index in [1.54, 1.807) is 18.2 Å². The molecule has 2 N–H and O–H groups in total. The fourth-order valence-electron chi connectivity index (χ4n) is 1.57. The monoisotopic (exact) mass is 262 g/mol. The second-order valence-electron chi connectivity index (χ2n) is 3.57. The number of halogens is 1. The summed E-state index contributed by atoms with van der Waals surface area (Å²) in [5, 5.41) is 0.302. The molecule has 2 aromatic heterocycles. The highest BCUT2D eigenvalue weighted by atomic mass is 35.5. The van der Waals surface area contributed by atoms with Crippen molar-refractivity contribution in [1.29, 1.82) is 0 Å². The minimum absolute atomic E-state index is 0.257. The van der Waals surface area contributed by atoms with E-state index in [0.717, 1.165) is 0 Å². The van der Waals surface area contributed by atoms with Crippen molar-refractivity contribution >= 4 is 22.6 Å². The second kappa shape index (κ2) is 4.15. The van der Waals surface area contributed by atoms with Gasteiger partial charge in [0.05, 0.1) is 11.0 Å². The normalized spacial score (nSPS) is 10.7. The van der Waals surface area contributed by atoms with E-state index in [0.29, 0.717) is 27.8 Å². The lowest BCUT2D eigenvalue weighted by atomic mass is 10.3. The lowest BCUT2D eigenvalue weighted by Crippen LogP contribution is -1.99. The minimum Gasteiger partial charge on any atom is -0.439 e. The molecule has 1 aromatic carbocycles. The van der Waals surface area contributed by atoms with Gasteiger partial charge >= 0.3 is 5.69 Å². The summed E-state index contributed by atoms with van der Waals surface area (Å²) in [7, 11) is 0. The molecular formula is C11H7ClN4O2. The van der Waals surface area contributed by atoms with Gasteiger partial charge in [-0.2, -0.15) is 0 Å². The van der Waals surface area contributed by atoms with Crippen LogP contribution in [0.25, 0.3) is 11.0 Å². The number of benzene rings is 1. The maximum atomic E-state index is 11.1. The van der Waals surface area contributed by atoms with E-state index in [1.165, 1.54) is 12.4 Å². The standard InChI is InChI=1S/C11H7ClN4O2/c12-9-4-10(14-5-13-9)18-6-1-2-7-8(3-6)16-11(17)15-7/h1-5H,(H2,15,16,17). The van der Waals surface area contributed by atoms with Gasteiger partial charge < -0.3 is 14.7 Å². The van der Waals surface area contributed by atoms with Crippen molar-refractivity contribution in [3.63, 3.8) is 0 Å². The quantitative estimate of drug-likeness (QED) is 0.693. The Morgan fingerprint density at radius 1 is 1.11 bits per heavy atom. The number of hydrogen-bond acceptors (Lipinski definition) is 4. The first-order valence-electron chi connectivity index (χ1n) is 5.08. The van der Waals surface area contributed by atoms with Crippen molar-refractivity contribution in [3.05, 3.63) is 46.2 Å². The van der Waals surface area contributed by atoms with Gasteiger partial charge in [-0.1, -0.05) is 11.6 Å². The molecule has 7 heteroatoms. The van der Waals surface area contributed by atoms with Gasteiger partial charge in [-0.3, -0.25) is 0 Å². The summed E-state index contributed by atoms with van der Waals surface area (Å²) in [6.45, 7) is 0. The van der Waals surface area contributed by atoms with E-state index in [9.17, 15) is 4.79 Å². The molecule has 90 valence electrons. The van der Waals surface area contributed by atoms with Gasteiger partial charge in [0, 0.05) is 12.1 Å². The fraction of sp³-hybridized carbons (Fsp3) is 0. The van der Waals surface area contributed by atoms with Crippen LogP contribution in [0.3, 0.4) is 0 Å². The van der Waals surface area contributed by atoms with Crippen LogP contribution < -0.4 is 10.4 Å². The van der Waals surface area contributed by atoms with Gasteiger partial charge in [-0.05, 0) is 12.1 Å². The highest BCUT2D eigenvalue weighted by Crippen LogP contribution is 2.23. The summed E-state index contributed by atoms with van der Waals surface area (Å²) in [5.41, 5.74) is 1.12. The highest BCUT2D eigenvalue weighted by molar-refractivity contribution is 6.29. The van der Waals surface area contributed by atoms with Crippen LogP contribution >= 0.6 is 11.6 Å². The average molecular weight is 263 g/mol. The number of rotatable bonds is 2. The predicted molar refractivity (Wildman–Crippen MR) is 66.0 cm³/mol. The largest absolute Gasteiger partial charge is 0.439 e. The van der Waals surface area contributed by atoms with Gasteiger partial charge in [0.1, 0.15) is 17.2 Å². The Labute approximate surface area is 106 Å². The summed E-state index contributed by atoms with van der Waals surface area (Å²) >= 11 is 5.73. The Balaban J connectivity index is 1.97. The maximum Gasteiger partial charge on any atom is 0.323 e. The van der Waals surface area contributed by atoms with E-state index in [-0.39, 0.29) is 5.69 Å². The molecule has 18 heavy (non-hydrogen) atoms. The molecule has 6 nitrogen and oxygen atoms in total. The number of hydrogen-bond donors (Lipinski definition) is 2. The van der Waals surface area contributed by atoms with Crippen LogP contribution in [0.1, 0.15) is 0 Å². The summed E-state index contributed by atoms with van der Waals surface area (Å²) in [6, 6.07) is 6.67. The molecule has 0 amide bonds. The Morgan fingerprint density at radius 3 is 2.78 bits per heavy atom. The van der Waals surface area contributed by atoms with Crippen molar-refractivity contribution in [1.82, 2.24) is 19.9 Å². The van der Waals surface area contributed by atoms with Crippen LogP contribution in [-0.4, -0.2) is 19.9 Å². The first kappa shape index (κ1) is 10.8. The van der Waals surface area contributed by atoms with Crippen LogP contribution in [0.15, 0.2) is 35.4 Å². The zero-order valence-corrected chi connectivity index (χ0v) is 9.73. The molecule has 0 aliphatic heterocycles. The molecule has 0 unspecified atom stereocenters. The molecule has 0 saturated carbocycles. The number of H-pyrrole nitrogens is 2. The summed E-state index contributed by atoms with van der Waals surface area (Å²) in [5.74, 6) is 0.889. The molecule has 0 atom stereocenters. The van der Waals surface area contributed by atoms with Gasteiger partial charge in [0.25, 0.3) is 0 Å². The third-order valence-electron chi connectivity index (χ3n) is 2.32. The Kier molecular flexibility index (Phi) is 2.49. The van der Waals surface area contributed by atoms with Gasteiger partial charge in [-0.15, -0.1) is 0 Å². The van der Waals surface area contributed by atoms with E-state index < -0.39 is 0 Å². The molecule has 2 heterocycles. The molecule has 0 aliphatic carbocycles. The van der Waals surface area contributed by atoms with Crippen molar-refractivity contribution in [2.75, 3.05) is 0 Å². The van der Waals surface area contributed by atoms with E-state index in [4.69, 9.17) is 16.3 Å². The Morgan fingerprint density at radius 2 is 1.94 bits per heavy atom. The number of aromatic amines is 2. The molecular weight excluding hydrogens is 256 g/mol. The molecule has 0 fully saturated rings. The molecule has 0 radical (unpaired) electrons. The number of imidazole rings is 1. The minimum atomic E-state index is -0.257. The van der Waals surface area contributed by atoms with Crippen LogP contribution in [-0.2, 0) is 0 Å². The van der Waals surface area contributed by atoms with Crippen molar-refractivity contribution < 1.29 is 4.74 Å². The SMILES string of the molecule is O=c1[nH]c2ccc(Oc3cc(Cl)ncn3)cc2[nH]1. The highest BCUT2D eigenvalue weighted by Gasteiger charge is 2.03. The predicted octanol–water partition coefficient (Wildman–Crippen LogP) is 2.09. The Hall–Kier alpha value is -2.34. The average Bonchev–Trinajstić information content (AvgIpc) is 2.68. The summed E-state index contributed by atoms with van der Waals surface area (Å²) in [6.07, 6.45) is 1.31. The molecule has 0 saturated heterocycles. The molecule has 3 aromatic rings. The second-order valence-corrected chi connectivity index (χ2v) is 3.95. The van der Waals surface area contributed by atoms with Gasteiger partial charge in [0.15, 0.2) is 0 Å². The first-order chi connectivity index (χ1) is 8.70. The number of nitrogens with one attached hydrogen (secondary N) is 2. The third kappa shape index (κ3) is 2.05. The third-order valence-corrected chi connectivity index (χ3v) is 2.53.